The molecule has 0 saturated carbocycles. The predicted molar refractivity (Wildman–Crippen MR) is 61.1 cm³/mol. The molecule has 0 radical (unpaired) electrons. The van der Waals surface area contributed by atoms with Crippen LogP contribution in [-0.4, -0.2) is 0 Å². The quantitative estimate of drug-likeness (QED) is 0.601. The minimum atomic E-state index is 0.424. The molecular weight excluding hydrogens is 271 g/mol. The van der Waals surface area contributed by atoms with E-state index >= 15 is 0 Å². The lowest BCUT2D eigenvalue weighted by Gasteiger charge is -2.22. The number of alkyl halides is 1. The zero-order chi connectivity index (χ0) is 9.42. The number of hydrogen-bond donors (Lipinski definition) is 0. The molecule has 0 nitrogen and oxygen atoms in total. The molecule has 1 atom stereocenters. The van der Waals surface area contributed by atoms with E-state index in [1.807, 2.05) is 12.1 Å². The molecule has 0 spiro atoms. The van der Waals surface area contributed by atoms with Gasteiger partial charge in [-0.1, -0.05) is 39.1 Å². The molecule has 0 bridgehead atoms. The highest BCUT2D eigenvalue weighted by molar-refractivity contribution is 9.09. The van der Waals surface area contributed by atoms with E-state index in [1.54, 1.807) is 0 Å². The van der Waals surface area contributed by atoms with Gasteiger partial charge in [-0.15, -0.1) is 0 Å². The first-order valence-electron chi connectivity index (χ1n) is 4.30. The van der Waals surface area contributed by atoms with Crippen molar-refractivity contribution in [2.24, 2.45) is 0 Å². The normalized spacial score (nSPS) is 21.3. The molecule has 3 heteroatoms. The Morgan fingerprint density at radius 2 is 2.08 bits per heavy atom. The summed E-state index contributed by atoms with van der Waals surface area (Å²) in [5.74, 6) is 0. The second kappa shape index (κ2) is 3.80. The molecule has 1 aliphatic rings. The molecule has 0 heterocycles. The van der Waals surface area contributed by atoms with Gasteiger partial charge in [0.25, 0.3) is 0 Å². The lowest BCUT2D eigenvalue weighted by Crippen LogP contribution is -2.05. The number of hydrogen-bond acceptors (Lipinski definition) is 0. The topological polar surface area (TPSA) is 0 Å². The lowest BCUT2D eigenvalue weighted by atomic mass is 9.92. The Morgan fingerprint density at radius 1 is 1.31 bits per heavy atom. The van der Waals surface area contributed by atoms with Crippen molar-refractivity contribution in [3.63, 3.8) is 0 Å². The number of rotatable bonds is 0. The van der Waals surface area contributed by atoms with Crippen LogP contribution in [0.3, 0.4) is 0 Å². The van der Waals surface area contributed by atoms with E-state index in [9.17, 15) is 0 Å². The number of halogens is 3. The van der Waals surface area contributed by atoms with Gasteiger partial charge in [0.15, 0.2) is 0 Å². The highest BCUT2D eigenvalue weighted by Gasteiger charge is 2.20. The van der Waals surface area contributed by atoms with Crippen LogP contribution in [0.15, 0.2) is 12.1 Å². The summed E-state index contributed by atoms with van der Waals surface area (Å²) in [6.07, 6.45) is 3.45. The zero-order valence-corrected chi connectivity index (χ0v) is 10.1. The van der Waals surface area contributed by atoms with Gasteiger partial charge in [-0.3, -0.25) is 0 Å². The fourth-order valence-corrected chi connectivity index (χ4v) is 3.12. The van der Waals surface area contributed by atoms with Crippen molar-refractivity contribution in [1.82, 2.24) is 0 Å². The third-order valence-electron chi connectivity index (χ3n) is 2.42. The molecule has 70 valence electrons. The minimum absolute atomic E-state index is 0.424. The molecule has 0 amide bonds. The van der Waals surface area contributed by atoms with Gasteiger partial charge in [-0.25, -0.2) is 0 Å². The fraction of sp³-hybridized carbons (Fsp3) is 0.400. The van der Waals surface area contributed by atoms with Gasteiger partial charge < -0.3 is 0 Å². The Labute approximate surface area is 96.4 Å². The van der Waals surface area contributed by atoms with Gasteiger partial charge in [0.1, 0.15) is 0 Å². The van der Waals surface area contributed by atoms with Crippen LogP contribution in [0.25, 0.3) is 0 Å². The summed E-state index contributed by atoms with van der Waals surface area (Å²) in [6, 6.07) is 3.84. The first kappa shape index (κ1) is 9.82. The first-order chi connectivity index (χ1) is 6.18. The number of fused-ring (bicyclic) bond motifs is 1. The highest BCUT2D eigenvalue weighted by atomic mass is 79.9. The molecule has 1 aliphatic carbocycles. The summed E-state index contributed by atoms with van der Waals surface area (Å²) in [5, 5.41) is 1.54. The van der Waals surface area contributed by atoms with Gasteiger partial charge >= 0.3 is 0 Å². The van der Waals surface area contributed by atoms with Crippen LogP contribution in [0.1, 0.15) is 28.8 Å². The van der Waals surface area contributed by atoms with E-state index in [1.165, 1.54) is 24.0 Å². The van der Waals surface area contributed by atoms with E-state index in [2.05, 4.69) is 15.9 Å². The lowest BCUT2D eigenvalue weighted by molar-refractivity contribution is 0.681. The van der Waals surface area contributed by atoms with Crippen LogP contribution < -0.4 is 0 Å². The molecular formula is C10H9BrCl2. The summed E-state index contributed by atoms with van der Waals surface area (Å²) in [5.41, 5.74) is 2.53. The standard InChI is InChI=1S/C10H9BrCl2/c11-9-3-1-2-7-8(9)4-6(12)5-10(7)13/h4-5,9H,1-3H2. The van der Waals surface area contributed by atoms with E-state index in [-0.39, 0.29) is 0 Å². The van der Waals surface area contributed by atoms with Crippen molar-refractivity contribution >= 4 is 39.1 Å². The van der Waals surface area contributed by atoms with Crippen molar-refractivity contribution in [2.75, 3.05) is 0 Å². The van der Waals surface area contributed by atoms with Crippen LogP contribution in [0.5, 0.6) is 0 Å². The smallest absolute Gasteiger partial charge is 0.0455 e. The van der Waals surface area contributed by atoms with Crippen molar-refractivity contribution in [3.05, 3.63) is 33.3 Å². The average molecular weight is 280 g/mol. The van der Waals surface area contributed by atoms with Crippen LogP contribution >= 0.6 is 39.1 Å². The van der Waals surface area contributed by atoms with E-state index in [4.69, 9.17) is 23.2 Å². The maximum Gasteiger partial charge on any atom is 0.0455 e. The molecule has 0 aromatic heterocycles. The Morgan fingerprint density at radius 3 is 2.85 bits per heavy atom. The van der Waals surface area contributed by atoms with E-state index in [0.29, 0.717) is 4.83 Å². The van der Waals surface area contributed by atoms with Crippen LogP contribution in [-0.2, 0) is 6.42 Å². The minimum Gasteiger partial charge on any atom is -0.0843 e. The van der Waals surface area contributed by atoms with Crippen molar-refractivity contribution in [2.45, 2.75) is 24.1 Å². The monoisotopic (exact) mass is 278 g/mol. The zero-order valence-electron chi connectivity index (χ0n) is 6.99. The first-order valence-corrected chi connectivity index (χ1v) is 5.97. The molecule has 1 unspecified atom stereocenters. The fourth-order valence-electron chi connectivity index (χ4n) is 1.78. The van der Waals surface area contributed by atoms with Gasteiger partial charge in [-0.2, -0.15) is 0 Å². The molecule has 1 aromatic rings. The summed E-state index contributed by atoms with van der Waals surface area (Å²) in [6.45, 7) is 0. The van der Waals surface area contributed by atoms with Crippen LogP contribution in [0, 0.1) is 0 Å². The van der Waals surface area contributed by atoms with Crippen LogP contribution in [0.2, 0.25) is 10.0 Å². The molecule has 0 saturated heterocycles. The molecule has 2 rings (SSSR count). The van der Waals surface area contributed by atoms with E-state index < -0.39 is 0 Å². The summed E-state index contributed by atoms with van der Waals surface area (Å²) in [7, 11) is 0. The Hall–Kier alpha value is 0.280. The summed E-state index contributed by atoms with van der Waals surface area (Å²) >= 11 is 15.7. The SMILES string of the molecule is Clc1cc(Cl)c2c(c1)C(Br)CCC2. The van der Waals surface area contributed by atoms with E-state index in [0.717, 1.165) is 16.5 Å². The Kier molecular flexibility index (Phi) is 2.87. The maximum absolute atomic E-state index is 6.11. The average Bonchev–Trinajstić information content (AvgIpc) is 2.07. The maximum atomic E-state index is 6.11. The largest absolute Gasteiger partial charge is 0.0843 e. The Balaban J connectivity index is 2.56. The van der Waals surface area contributed by atoms with Gasteiger partial charge in [0.2, 0.25) is 0 Å². The second-order valence-corrected chi connectivity index (χ2v) is 5.26. The Bertz CT molecular complexity index is 336. The van der Waals surface area contributed by atoms with Crippen molar-refractivity contribution < 1.29 is 0 Å². The van der Waals surface area contributed by atoms with Gasteiger partial charge in [0, 0.05) is 14.9 Å². The molecule has 0 N–H and O–H groups in total. The molecule has 0 aliphatic heterocycles. The second-order valence-electron chi connectivity index (χ2n) is 3.32. The summed E-state index contributed by atoms with van der Waals surface area (Å²) in [4.78, 5) is 0.424. The van der Waals surface area contributed by atoms with Crippen molar-refractivity contribution in [3.8, 4) is 0 Å². The predicted octanol–water partition coefficient (Wildman–Crippen LogP) is 4.77. The van der Waals surface area contributed by atoms with Crippen molar-refractivity contribution in [1.29, 1.82) is 0 Å². The molecule has 0 fully saturated rings. The number of benzene rings is 1. The van der Waals surface area contributed by atoms with Crippen LogP contribution in [0.4, 0.5) is 0 Å². The highest BCUT2D eigenvalue weighted by Crippen LogP contribution is 2.40. The molecule has 13 heavy (non-hydrogen) atoms. The van der Waals surface area contributed by atoms with Gasteiger partial charge in [-0.05, 0) is 42.5 Å². The summed E-state index contributed by atoms with van der Waals surface area (Å²) < 4.78 is 0. The van der Waals surface area contributed by atoms with Gasteiger partial charge in [0.05, 0.1) is 0 Å². The molecule has 1 aromatic carbocycles. The third kappa shape index (κ3) is 1.88. The third-order valence-corrected chi connectivity index (χ3v) is 3.92.